The molecule has 0 bridgehead atoms. The van der Waals surface area contributed by atoms with Gasteiger partial charge in [0.2, 0.25) is 0 Å². The van der Waals surface area contributed by atoms with Crippen LogP contribution in [0.25, 0.3) is 0 Å². The van der Waals surface area contributed by atoms with Crippen molar-refractivity contribution in [2.45, 2.75) is 31.2 Å². The molecule has 0 spiro atoms. The molecule has 1 aliphatic rings. The minimum absolute atomic E-state index is 0.0401. The SMILES string of the molecule is CN(C)c1cccc(C(N)c2ccccc2C2CCC2)c1. The molecular weight excluding hydrogens is 256 g/mol. The van der Waals surface area contributed by atoms with Gasteiger partial charge in [0.1, 0.15) is 0 Å². The zero-order chi connectivity index (χ0) is 14.8. The molecule has 0 aromatic heterocycles. The number of rotatable bonds is 4. The molecule has 0 saturated heterocycles. The number of anilines is 1. The Labute approximate surface area is 127 Å². The molecule has 110 valence electrons. The third-order valence-corrected chi connectivity index (χ3v) is 4.62. The minimum atomic E-state index is -0.0401. The highest BCUT2D eigenvalue weighted by Crippen LogP contribution is 2.40. The monoisotopic (exact) mass is 280 g/mol. The van der Waals surface area contributed by atoms with E-state index in [0.717, 1.165) is 0 Å². The van der Waals surface area contributed by atoms with E-state index in [9.17, 15) is 0 Å². The van der Waals surface area contributed by atoms with E-state index in [4.69, 9.17) is 5.73 Å². The molecule has 2 heteroatoms. The fourth-order valence-corrected chi connectivity index (χ4v) is 3.06. The van der Waals surface area contributed by atoms with Crippen molar-refractivity contribution in [3.8, 4) is 0 Å². The summed E-state index contributed by atoms with van der Waals surface area (Å²) in [5.74, 6) is 0.712. The van der Waals surface area contributed by atoms with Gasteiger partial charge in [0.25, 0.3) is 0 Å². The molecule has 1 saturated carbocycles. The zero-order valence-corrected chi connectivity index (χ0v) is 12.9. The Morgan fingerprint density at radius 3 is 2.48 bits per heavy atom. The summed E-state index contributed by atoms with van der Waals surface area (Å²) in [6.45, 7) is 0. The average Bonchev–Trinajstić information content (AvgIpc) is 2.45. The van der Waals surface area contributed by atoms with Crippen LogP contribution < -0.4 is 10.6 Å². The molecule has 2 aromatic carbocycles. The smallest absolute Gasteiger partial charge is 0.0555 e. The lowest BCUT2D eigenvalue weighted by Gasteiger charge is -2.29. The molecule has 21 heavy (non-hydrogen) atoms. The molecule has 0 aliphatic heterocycles. The van der Waals surface area contributed by atoms with Crippen molar-refractivity contribution < 1.29 is 0 Å². The number of hydrogen-bond acceptors (Lipinski definition) is 2. The lowest BCUT2D eigenvalue weighted by molar-refractivity contribution is 0.416. The quantitative estimate of drug-likeness (QED) is 0.914. The van der Waals surface area contributed by atoms with Crippen LogP contribution in [0.5, 0.6) is 0 Å². The Kier molecular flexibility index (Phi) is 3.98. The molecule has 2 N–H and O–H groups in total. The van der Waals surface area contributed by atoms with E-state index in [0.29, 0.717) is 5.92 Å². The van der Waals surface area contributed by atoms with E-state index >= 15 is 0 Å². The van der Waals surface area contributed by atoms with Crippen molar-refractivity contribution in [2.75, 3.05) is 19.0 Å². The second kappa shape index (κ2) is 5.90. The third-order valence-electron chi connectivity index (χ3n) is 4.62. The summed E-state index contributed by atoms with van der Waals surface area (Å²) >= 11 is 0. The Bertz CT molecular complexity index is 614. The van der Waals surface area contributed by atoms with Crippen molar-refractivity contribution in [2.24, 2.45) is 5.73 Å². The molecule has 0 radical (unpaired) electrons. The molecule has 0 amide bonds. The first kappa shape index (κ1) is 14.2. The maximum atomic E-state index is 6.58. The molecular formula is C19H24N2. The van der Waals surface area contributed by atoms with Crippen LogP contribution in [0.4, 0.5) is 5.69 Å². The van der Waals surface area contributed by atoms with Crippen LogP contribution in [-0.4, -0.2) is 14.1 Å². The summed E-state index contributed by atoms with van der Waals surface area (Å²) in [6, 6.07) is 17.2. The normalized spacial score (nSPS) is 16.3. The predicted molar refractivity (Wildman–Crippen MR) is 89.8 cm³/mol. The fraction of sp³-hybridized carbons (Fsp3) is 0.368. The lowest BCUT2D eigenvalue weighted by atomic mass is 9.76. The molecule has 0 heterocycles. The van der Waals surface area contributed by atoms with Crippen LogP contribution in [0.1, 0.15) is 47.9 Å². The van der Waals surface area contributed by atoms with Crippen molar-refractivity contribution in [3.05, 3.63) is 65.2 Å². The van der Waals surface area contributed by atoms with E-state index in [1.165, 1.54) is 41.6 Å². The molecule has 2 nitrogen and oxygen atoms in total. The van der Waals surface area contributed by atoms with Crippen molar-refractivity contribution in [3.63, 3.8) is 0 Å². The summed E-state index contributed by atoms with van der Waals surface area (Å²) in [4.78, 5) is 2.12. The highest BCUT2D eigenvalue weighted by Gasteiger charge is 2.24. The van der Waals surface area contributed by atoms with E-state index in [-0.39, 0.29) is 6.04 Å². The highest BCUT2D eigenvalue weighted by molar-refractivity contribution is 5.50. The van der Waals surface area contributed by atoms with Gasteiger partial charge in [-0.1, -0.05) is 42.8 Å². The Balaban J connectivity index is 1.95. The first-order chi connectivity index (χ1) is 10.2. The van der Waals surface area contributed by atoms with Crippen LogP contribution in [0.2, 0.25) is 0 Å². The molecule has 1 unspecified atom stereocenters. The van der Waals surface area contributed by atoms with Crippen molar-refractivity contribution in [1.29, 1.82) is 0 Å². The van der Waals surface area contributed by atoms with Gasteiger partial charge in [-0.2, -0.15) is 0 Å². The van der Waals surface area contributed by atoms with Crippen molar-refractivity contribution in [1.82, 2.24) is 0 Å². The summed E-state index contributed by atoms with van der Waals surface area (Å²) in [5, 5.41) is 0. The topological polar surface area (TPSA) is 29.3 Å². The van der Waals surface area contributed by atoms with Gasteiger partial charge in [-0.15, -0.1) is 0 Å². The number of benzene rings is 2. The van der Waals surface area contributed by atoms with Gasteiger partial charge >= 0.3 is 0 Å². The highest BCUT2D eigenvalue weighted by atomic mass is 15.1. The maximum absolute atomic E-state index is 6.58. The summed E-state index contributed by atoms with van der Waals surface area (Å²) in [5.41, 5.74) is 11.7. The molecule has 2 aromatic rings. The molecule has 1 atom stereocenters. The molecule has 1 aliphatic carbocycles. The molecule has 3 rings (SSSR count). The Morgan fingerprint density at radius 1 is 1.05 bits per heavy atom. The van der Waals surface area contributed by atoms with E-state index < -0.39 is 0 Å². The number of hydrogen-bond donors (Lipinski definition) is 1. The summed E-state index contributed by atoms with van der Waals surface area (Å²) in [7, 11) is 4.12. The summed E-state index contributed by atoms with van der Waals surface area (Å²) < 4.78 is 0. The first-order valence-corrected chi connectivity index (χ1v) is 7.78. The van der Waals surface area contributed by atoms with Gasteiger partial charge in [-0.05, 0) is 47.6 Å². The van der Waals surface area contributed by atoms with Gasteiger partial charge in [0, 0.05) is 19.8 Å². The van der Waals surface area contributed by atoms with Crippen LogP contribution >= 0.6 is 0 Å². The maximum Gasteiger partial charge on any atom is 0.0555 e. The van der Waals surface area contributed by atoms with Crippen LogP contribution in [0.3, 0.4) is 0 Å². The van der Waals surface area contributed by atoms with E-state index in [2.05, 4.69) is 67.5 Å². The third kappa shape index (κ3) is 2.81. The average molecular weight is 280 g/mol. The number of nitrogens with zero attached hydrogens (tertiary/aromatic N) is 1. The van der Waals surface area contributed by atoms with E-state index in [1.807, 2.05) is 0 Å². The van der Waals surface area contributed by atoms with Gasteiger partial charge < -0.3 is 10.6 Å². The predicted octanol–water partition coefficient (Wildman–Crippen LogP) is 4.07. The standard InChI is InChI=1S/C19H24N2/c1-21(2)16-10-6-9-15(13-16)19(20)18-12-4-3-11-17(18)14-7-5-8-14/h3-4,6,9-14,19H,5,7-8,20H2,1-2H3. The first-order valence-electron chi connectivity index (χ1n) is 7.78. The van der Waals surface area contributed by atoms with Crippen LogP contribution in [0.15, 0.2) is 48.5 Å². The Hall–Kier alpha value is -1.80. The largest absolute Gasteiger partial charge is 0.378 e. The minimum Gasteiger partial charge on any atom is -0.378 e. The molecule has 1 fully saturated rings. The number of nitrogens with two attached hydrogens (primary N) is 1. The zero-order valence-electron chi connectivity index (χ0n) is 12.9. The van der Waals surface area contributed by atoms with E-state index in [1.54, 1.807) is 0 Å². The summed E-state index contributed by atoms with van der Waals surface area (Å²) in [6.07, 6.45) is 3.97. The van der Waals surface area contributed by atoms with Gasteiger partial charge in [-0.3, -0.25) is 0 Å². The van der Waals surface area contributed by atoms with Crippen LogP contribution in [0, 0.1) is 0 Å². The van der Waals surface area contributed by atoms with Gasteiger partial charge in [0.15, 0.2) is 0 Å². The second-order valence-electron chi connectivity index (χ2n) is 6.22. The lowest BCUT2D eigenvalue weighted by Crippen LogP contribution is -2.19. The van der Waals surface area contributed by atoms with Crippen LogP contribution in [-0.2, 0) is 0 Å². The fourth-order valence-electron chi connectivity index (χ4n) is 3.06. The van der Waals surface area contributed by atoms with Crippen molar-refractivity contribution >= 4 is 5.69 Å². The Morgan fingerprint density at radius 2 is 1.81 bits per heavy atom. The second-order valence-corrected chi connectivity index (χ2v) is 6.22. The van der Waals surface area contributed by atoms with Gasteiger partial charge in [0.05, 0.1) is 6.04 Å². The van der Waals surface area contributed by atoms with Gasteiger partial charge in [-0.25, -0.2) is 0 Å².